The Morgan fingerprint density at radius 2 is 1.88 bits per heavy atom. The van der Waals surface area contributed by atoms with Gasteiger partial charge >= 0.3 is 12.1 Å². The van der Waals surface area contributed by atoms with E-state index in [1.54, 1.807) is 19.1 Å². The molecule has 2 amide bonds. The van der Waals surface area contributed by atoms with Crippen molar-refractivity contribution in [2.45, 2.75) is 51.6 Å². The predicted molar refractivity (Wildman–Crippen MR) is 141 cm³/mol. The number of carbonyl (C=O) groups excluding carboxylic acids is 2. The maximum absolute atomic E-state index is 13.5. The maximum atomic E-state index is 13.5. The summed E-state index contributed by atoms with van der Waals surface area (Å²) in [7, 11) is 1.89. The minimum Gasteiger partial charge on any atom is -0.488 e. The van der Waals surface area contributed by atoms with Crippen LogP contribution >= 0.6 is 0 Å². The lowest BCUT2D eigenvalue weighted by Gasteiger charge is -2.38. The average molecular weight is 566 g/mol. The molecule has 0 bridgehead atoms. The number of alkyl halides is 3. The largest absolute Gasteiger partial charge is 0.488 e. The van der Waals surface area contributed by atoms with Gasteiger partial charge in [-0.3, -0.25) is 14.5 Å². The molecule has 0 saturated carbocycles. The molecule has 1 heterocycles. The molecule has 2 aromatic rings. The highest BCUT2D eigenvalue weighted by atomic mass is 19.4. The number of amides is 2. The number of hydrogen-bond donors (Lipinski definition) is 3. The molecular weight excluding hydrogens is 531 g/mol. The summed E-state index contributed by atoms with van der Waals surface area (Å²) in [6, 6.07) is 10.4. The quantitative estimate of drug-likeness (QED) is 0.398. The molecular formula is C28H34F3N3O6. The number of carboxylic acids is 1. The number of nitrogens with one attached hydrogen (secondary N) is 1. The summed E-state index contributed by atoms with van der Waals surface area (Å²) in [6.45, 7) is 4.60. The van der Waals surface area contributed by atoms with Crippen LogP contribution in [0, 0.1) is 5.92 Å². The summed E-state index contributed by atoms with van der Waals surface area (Å²) in [4.78, 5) is 40.2. The van der Waals surface area contributed by atoms with E-state index in [1.165, 1.54) is 35.2 Å². The second-order valence-electron chi connectivity index (χ2n) is 10.2. The number of anilines is 1. The lowest BCUT2D eigenvalue weighted by atomic mass is 9.99. The Morgan fingerprint density at radius 1 is 1.20 bits per heavy atom. The van der Waals surface area contributed by atoms with Gasteiger partial charge in [0.05, 0.1) is 30.2 Å². The van der Waals surface area contributed by atoms with Gasteiger partial charge in [0.25, 0.3) is 5.91 Å². The van der Waals surface area contributed by atoms with Crippen LogP contribution in [-0.2, 0) is 11.3 Å². The SMILES string of the molecule is C[C@@H]1CN([C@@H](C)CO)C(=O)c2cc(NC(=O)CCC(F)(F)F)ccc2O[C@@H]1CN(C)Cc1ccc(C(=O)O)cc1. The molecule has 3 rings (SSSR count). The number of benzene rings is 2. The van der Waals surface area contributed by atoms with Crippen LogP contribution in [0.15, 0.2) is 42.5 Å². The lowest BCUT2D eigenvalue weighted by molar-refractivity contribution is -0.142. The van der Waals surface area contributed by atoms with Gasteiger partial charge in [0.2, 0.25) is 5.91 Å². The Kier molecular flexibility index (Phi) is 10.2. The number of rotatable bonds is 10. The maximum Gasteiger partial charge on any atom is 0.389 e. The number of aliphatic hydroxyl groups is 1. The normalized spacial score (nSPS) is 18.4. The van der Waals surface area contributed by atoms with Crippen molar-refractivity contribution in [3.63, 3.8) is 0 Å². The molecule has 1 aliphatic rings. The van der Waals surface area contributed by atoms with Crippen LogP contribution in [0.1, 0.15) is 53.0 Å². The van der Waals surface area contributed by atoms with Crippen molar-refractivity contribution in [1.29, 1.82) is 0 Å². The van der Waals surface area contributed by atoms with Gasteiger partial charge < -0.3 is 25.2 Å². The van der Waals surface area contributed by atoms with Gasteiger partial charge in [0.15, 0.2) is 0 Å². The van der Waals surface area contributed by atoms with Gasteiger partial charge in [-0.2, -0.15) is 13.2 Å². The van der Waals surface area contributed by atoms with Crippen LogP contribution in [-0.4, -0.2) is 82.9 Å². The van der Waals surface area contributed by atoms with Crippen molar-refractivity contribution in [2.75, 3.05) is 32.1 Å². The first-order valence-electron chi connectivity index (χ1n) is 12.9. The van der Waals surface area contributed by atoms with E-state index in [-0.39, 0.29) is 41.6 Å². The summed E-state index contributed by atoms with van der Waals surface area (Å²) >= 11 is 0. The van der Waals surface area contributed by atoms with E-state index in [0.717, 1.165) is 5.56 Å². The van der Waals surface area contributed by atoms with E-state index in [2.05, 4.69) is 5.32 Å². The number of hydrogen-bond acceptors (Lipinski definition) is 6. The summed E-state index contributed by atoms with van der Waals surface area (Å²) < 4.78 is 43.8. The second-order valence-corrected chi connectivity index (χ2v) is 10.2. The Balaban J connectivity index is 1.82. The molecule has 40 heavy (non-hydrogen) atoms. The minimum atomic E-state index is -4.46. The smallest absolute Gasteiger partial charge is 0.389 e. The van der Waals surface area contributed by atoms with Crippen molar-refractivity contribution < 1.29 is 42.5 Å². The van der Waals surface area contributed by atoms with Gasteiger partial charge in [-0.1, -0.05) is 19.1 Å². The number of ether oxygens (including phenoxy) is 1. The van der Waals surface area contributed by atoms with Crippen molar-refractivity contribution in [3.8, 4) is 5.75 Å². The molecule has 0 saturated heterocycles. The van der Waals surface area contributed by atoms with E-state index >= 15 is 0 Å². The fourth-order valence-corrected chi connectivity index (χ4v) is 4.43. The van der Waals surface area contributed by atoms with E-state index in [9.17, 15) is 32.7 Å². The second kappa shape index (κ2) is 13.1. The fraction of sp³-hybridized carbons (Fsp3) is 0.464. The fourth-order valence-electron chi connectivity index (χ4n) is 4.43. The van der Waals surface area contributed by atoms with Gasteiger partial charge in [0.1, 0.15) is 11.9 Å². The molecule has 12 heteroatoms. The number of likely N-dealkylation sites (N-methyl/N-ethyl adjacent to an activating group) is 1. The van der Waals surface area contributed by atoms with Gasteiger partial charge in [-0.05, 0) is 49.9 Å². The zero-order valence-corrected chi connectivity index (χ0v) is 22.6. The van der Waals surface area contributed by atoms with E-state index in [0.29, 0.717) is 13.1 Å². The first-order chi connectivity index (χ1) is 18.8. The number of nitrogens with zero attached hydrogens (tertiary/aromatic N) is 2. The molecule has 9 nitrogen and oxygen atoms in total. The minimum absolute atomic E-state index is 0.123. The lowest BCUT2D eigenvalue weighted by Crippen LogP contribution is -2.49. The monoisotopic (exact) mass is 565 g/mol. The van der Waals surface area contributed by atoms with Crippen LogP contribution in [0.4, 0.5) is 18.9 Å². The first-order valence-corrected chi connectivity index (χ1v) is 12.9. The third kappa shape index (κ3) is 8.43. The Labute approximate surface area is 230 Å². The summed E-state index contributed by atoms with van der Waals surface area (Å²) in [5.41, 5.74) is 1.38. The number of halogens is 3. The molecule has 0 aliphatic carbocycles. The molecule has 3 N–H and O–H groups in total. The molecule has 0 fully saturated rings. The summed E-state index contributed by atoms with van der Waals surface area (Å²) in [6.07, 6.45) is -6.86. The van der Waals surface area contributed by atoms with Crippen molar-refractivity contribution in [2.24, 2.45) is 5.92 Å². The van der Waals surface area contributed by atoms with Gasteiger partial charge in [0, 0.05) is 37.7 Å². The highest BCUT2D eigenvalue weighted by molar-refractivity contribution is 6.00. The third-order valence-electron chi connectivity index (χ3n) is 6.73. The van der Waals surface area contributed by atoms with Crippen molar-refractivity contribution in [1.82, 2.24) is 9.80 Å². The van der Waals surface area contributed by atoms with E-state index in [4.69, 9.17) is 9.84 Å². The topological polar surface area (TPSA) is 119 Å². The van der Waals surface area contributed by atoms with Crippen LogP contribution in [0.5, 0.6) is 5.75 Å². The summed E-state index contributed by atoms with van der Waals surface area (Å²) in [5.74, 6) is -2.16. The molecule has 0 radical (unpaired) electrons. The zero-order valence-electron chi connectivity index (χ0n) is 22.6. The van der Waals surface area contributed by atoms with Crippen molar-refractivity contribution >= 4 is 23.5 Å². The third-order valence-corrected chi connectivity index (χ3v) is 6.73. The van der Waals surface area contributed by atoms with E-state index in [1.807, 2.05) is 18.9 Å². The number of aromatic carboxylic acids is 1. The number of fused-ring (bicyclic) bond motifs is 1. The van der Waals surface area contributed by atoms with Crippen molar-refractivity contribution in [3.05, 3.63) is 59.2 Å². The number of carbonyl (C=O) groups is 3. The molecule has 3 atom stereocenters. The highest BCUT2D eigenvalue weighted by Crippen LogP contribution is 2.31. The predicted octanol–water partition coefficient (Wildman–Crippen LogP) is 4.02. The van der Waals surface area contributed by atoms with Gasteiger partial charge in [-0.15, -0.1) is 0 Å². The number of carboxylic acid groups (broad SMARTS) is 1. The van der Waals surface area contributed by atoms with E-state index < -0.39 is 48.9 Å². The first kappa shape index (κ1) is 30.9. The standard InChI is InChI=1S/C28H34F3N3O6/c1-17-13-34(18(2)16-35)26(37)22-12-21(32-25(36)10-11-28(29,30)31)8-9-23(22)40-24(17)15-33(3)14-19-4-6-20(7-5-19)27(38)39/h4-9,12,17-18,24,35H,10-11,13-16H2,1-3H3,(H,32,36)(H,38,39)/t17-,18+,24-/m1/s1. The Bertz CT molecular complexity index is 1200. The Morgan fingerprint density at radius 3 is 2.48 bits per heavy atom. The van der Waals surface area contributed by atoms with Crippen LogP contribution in [0.2, 0.25) is 0 Å². The van der Waals surface area contributed by atoms with Crippen LogP contribution in [0.25, 0.3) is 0 Å². The number of aliphatic hydroxyl groups excluding tert-OH is 1. The molecule has 0 aromatic heterocycles. The summed E-state index contributed by atoms with van der Waals surface area (Å²) in [5, 5.41) is 21.3. The zero-order chi connectivity index (χ0) is 29.6. The molecule has 0 unspecified atom stereocenters. The van der Waals surface area contributed by atoms with Gasteiger partial charge in [-0.25, -0.2) is 4.79 Å². The molecule has 2 aromatic carbocycles. The molecule has 218 valence electrons. The van der Waals surface area contributed by atoms with Crippen LogP contribution < -0.4 is 10.1 Å². The Hall–Kier alpha value is -3.64. The average Bonchev–Trinajstić information content (AvgIpc) is 2.89. The van der Waals surface area contributed by atoms with Crippen LogP contribution in [0.3, 0.4) is 0 Å². The highest BCUT2D eigenvalue weighted by Gasteiger charge is 2.34. The molecule has 1 aliphatic heterocycles. The molecule has 0 spiro atoms.